The van der Waals surface area contributed by atoms with Crippen LogP contribution in [0.3, 0.4) is 0 Å². The molecule has 0 spiro atoms. The Kier molecular flexibility index (Phi) is 3.57. The maximum absolute atomic E-state index is 2.39. The summed E-state index contributed by atoms with van der Waals surface area (Å²) in [6.07, 6.45) is 1.33. The van der Waals surface area contributed by atoms with E-state index in [0.717, 1.165) is 0 Å². The van der Waals surface area contributed by atoms with Crippen LogP contribution in [-0.4, -0.2) is 18.5 Å². The molecule has 1 heteroatoms. The fourth-order valence-corrected chi connectivity index (χ4v) is 2.25. The van der Waals surface area contributed by atoms with Gasteiger partial charge in [0, 0.05) is 0 Å². The Morgan fingerprint density at radius 2 is 1.27 bits per heavy atom. The minimum Gasteiger partial charge on any atom is -0.107 e. The van der Waals surface area contributed by atoms with Gasteiger partial charge in [0.1, 0.15) is 0 Å². The van der Waals surface area contributed by atoms with Crippen LogP contribution in [0.25, 0.3) is 0 Å². The minimum atomic E-state index is 0.192. The zero-order valence-electron chi connectivity index (χ0n) is 9.15. The van der Waals surface area contributed by atoms with Gasteiger partial charge in [0.05, 0.1) is 0 Å². The van der Waals surface area contributed by atoms with E-state index in [2.05, 4.69) is 47.9 Å². The second kappa shape index (κ2) is 3.44. The molecule has 0 aliphatic rings. The second-order valence-corrected chi connectivity index (χ2v) is 8.44. The first-order valence-electron chi connectivity index (χ1n) is 4.33. The molecule has 0 amide bonds. The van der Waals surface area contributed by atoms with Gasteiger partial charge in [-0.05, 0) is 30.3 Å². The average Bonchev–Trinajstić information content (AvgIpc) is 1.56. The van der Waals surface area contributed by atoms with E-state index in [0.29, 0.717) is 10.6 Å². The summed E-state index contributed by atoms with van der Waals surface area (Å²) in [6.45, 7) is 16.5. The molecule has 0 fully saturated rings. The molecule has 0 atom stereocenters. The summed E-state index contributed by atoms with van der Waals surface area (Å²) in [5.41, 5.74) is 0.482. The largest absolute Gasteiger partial charge is 0.107 e. The van der Waals surface area contributed by atoms with Crippen molar-refractivity contribution in [1.82, 2.24) is 0 Å². The average molecular weight is 174 g/mol. The van der Waals surface area contributed by atoms with E-state index < -0.39 is 0 Å². The molecular formula is C10H23P. The summed E-state index contributed by atoms with van der Waals surface area (Å²) in [4.78, 5) is 0. The van der Waals surface area contributed by atoms with Crippen LogP contribution in [0.4, 0.5) is 0 Å². The van der Waals surface area contributed by atoms with Gasteiger partial charge in [-0.2, -0.15) is 0 Å². The van der Waals surface area contributed by atoms with Crippen molar-refractivity contribution >= 4 is 7.92 Å². The van der Waals surface area contributed by atoms with Crippen LogP contribution < -0.4 is 0 Å². The number of hydrogen-bond donors (Lipinski definition) is 0. The lowest BCUT2D eigenvalue weighted by molar-refractivity contribution is 0.336. The maximum Gasteiger partial charge on any atom is -0.0151 e. The Morgan fingerprint density at radius 1 is 0.909 bits per heavy atom. The molecular weight excluding hydrogens is 151 g/mol. The van der Waals surface area contributed by atoms with Gasteiger partial charge in [-0.1, -0.05) is 34.6 Å². The molecule has 0 nitrogen and oxygen atoms in total. The lowest BCUT2D eigenvalue weighted by atomic mass is 9.86. The van der Waals surface area contributed by atoms with Gasteiger partial charge >= 0.3 is 0 Å². The van der Waals surface area contributed by atoms with Gasteiger partial charge in [0.25, 0.3) is 0 Å². The van der Waals surface area contributed by atoms with E-state index in [1.165, 1.54) is 6.42 Å². The molecule has 68 valence electrons. The van der Waals surface area contributed by atoms with Crippen molar-refractivity contribution < 1.29 is 0 Å². The molecule has 11 heavy (non-hydrogen) atoms. The third kappa shape index (κ3) is 4.80. The summed E-state index contributed by atoms with van der Waals surface area (Å²) in [5, 5.41) is 0.549. The van der Waals surface area contributed by atoms with Crippen LogP contribution in [0.5, 0.6) is 0 Å². The third-order valence-corrected chi connectivity index (χ3v) is 4.75. The van der Waals surface area contributed by atoms with Crippen molar-refractivity contribution in [3.05, 3.63) is 0 Å². The molecule has 0 rings (SSSR count). The van der Waals surface area contributed by atoms with Crippen LogP contribution in [0.1, 0.15) is 41.0 Å². The molecule has 0 saturated carbocycles. The van der Waals surface area contributed by atoms with E-state index in [1.54, 1.807) is 0 Å². The highest BCUT2D eigenvalue weighted by molar-refractivity contribution is 7.57. The first-order valence-corrected chi connectivity index (χ1v) is 6.56. The van der Waals surface area contributed by atoms with Crippen molar-refractivity contribution in [3.8, 4) is 0 Å². The lowest BCUT2D eigenvalue weighted by Gasteiger charge is -2.36. The maximum atomic E-state index is 2.39. The standard InChI is InChI=1S/C10H23P/c1-9(2,3)8-10(4,5)11(6)7/h8H2,1-7H3. The molecule has 0 heterocycles. The number of hydrogen-bond acceptors (Lipinski definition) is 0. The highest BCUT2D eigenvalue weighted by Crippen LogP contribution is 2.48. The quantitative estimate of drug-likeness (QED) is 0.556. The van der Waals surface area contributed by atoms with E-state index >= 15 is 0 Å². The molecule has 0 aromatic heterocycles. The van der Waals surface area contributed by atoms with E-state index in [9.17, 15) is 0 Å². The molecule has 0 aliphatic carbocycles. The zero-order chi connectivity index (χ0) is 9.28. The zero-order valence-corrected chi connectivity index (χ0v) is 10.0. The monoisotopic (exact) mass is 174 g/mol. The molecule has 0 aliphatic heterocycles. The van der Waals surface area contributed by atoms with Gasteiger partial charge in [0.2, 0.25) is 0 Å². The summed E-state index contributed by atoms with van der Waals surface area (Å²) < 4.78 is 0. The van der Waals surface area contributed by atoms with Crippen molar-refractivity contribution in [2.45, 2.75) is 46.2 Å². The second-order valence-electron chi connectivity index (χ2n) is 5.44. The Bertz CT molecular complexity index is 117. The predicted molar refractivity (Wildman–Crippen MR) is 56.9 cm³/mol. The predicted octanol–water partition coefficient (Wildman–Crippen LogP) is 3.94. The van der Waals surface area contributed by atoms with Crippen LogP contribution in [0, 0.1) is 5.41 Å². The lowest BCUT2D eigenvalue weighted by Crippen LogP contribution is -2.24. The normalized spacial score (nSPS) is 14.2. The van der Waals surface area contributed by atoms with E-state index in [1.807, 2.05) is 0 Å². The summed E-state index contributed by atoms with van der Waals surface area (Å²) in [5.74, 6) is 0. The highest BCUT2D eigenvalue weighted by atomic mass is 31.1. The Hall–Kier alpha value is 0.430. The minimum absolute atomic E-state index is 0.192. The topological polar surface area (TPSA) is 0 Å². The summed E-state index contributed by atoms with van der Waals surface area (Å²) in [7, 11) is 0.192. The molecule has 0 radical (unpaired) electrons. The van der Waals surface area contributed by atoms with Crippen LogP contribution in [0.15, 0.2) is 0 Å². The van der Waals surface area contributed by atoms with Gasteiger partial charge < -0.3 is 0 Å². The molecule has 0 bridgehead atoms. The van der Waals surface area contributed by atoms with Crippen molar-refractivity contribution in [1.29, 1.82) is 0 Å². The van der Waals surface area contributed by atoms with Gasteiger partial charge in [0.15, 0.2) is 0 Å². The van der Waals surface area contributed by atoms with Crippen LogP contribution >= 0.6 is 7.92 Å². The highest BCUT2D eigenvalue weighted by Gasteiger charge is 2.27. The SMILES string of the molecule is CP(C)C(C)(C)CC(C)(C)C. The summed E-state index contributed by atoms with van der Waals surface area (Å²) >= 11 is 0. The fourth-order valence-electron chi connectivity index (χ4n) is 1.46. The van der Waals surface area contributed by atoms with Gasteiger partial charge in [-0.3, -0.25) is 0 Å². The summed E-state index contributed by atoms with van der Waals surface area (Å²) in [6, 6.07) is 0. The van der Waals surface area contributed by atoms with Crippen LogP contribution in [0.2, 0.25) is 0 Å². The Morgan fingerprint density at radius 3 is 1.36 bits per heavy atom. The molecule has 0 aromatic carbocycles. The Balaban J connectivity index is 4.13. The molecule has 0 aromatic rings. The first-order chi connectivity index (χ1) is 4.65. The molecule has 0 saturated heterocycles. The van der Waals surface area contributed by atoms with Crippen molar-refractivity contribution in [3.63, 3.8) is 0 Å². The van der Waals surface area contributed by atoms with Crippen molar-refractivity contribution in [2.75, 3.05) is 13.3 Å². The van der Waals surface area contributed by atoms with E-state index in [-0.39, 0.29) is 7.92 Å². The smallest absolute Gasteiger partial charge is 0.0151 e. The number of rotatable bonds is 2. The Labute approximate surface area is 73.5 Å². The van der Waals surface area contributed by atoms with E-state index in [4.69, 9.17) is 0 Å². The van der Waals surface area contributed by atoms with Gasteiger partial charge in [-0.15, -0.1) is 7.92 Å². The van der Waals surface area contributed by atoms with Crippen LogP contribution in [-0.2, 0) is 0 Å². The molecule has 0 unspecified atom stereocenters. The molecule has 0 N–H and O–H groups in total. The van der Waals surface area contributed by atoms with Gasteiger partial charge in [-0.25, -0.2) is 0 Å². The fraction of sp³-hybridized carbons (Fsp3) is 1.00. The first kappa shape index (κ1) is 11.4. The van der Waals surface area contributed by atoms with Crippen molar-refractivity contribution in [2.24, 2.45) is 5.41 Å². The third-order valence-electron chi connectivity index (χ3n) is 2.17.